The molecule has 6 heteroatoms. The number of carboxylic acids is 1. The van der Waals surface area contributed by atoms with Gasteiger partial charge in [-0.1, -0.05) is 18.7 Å². The maximum Gasteiger partial charge on any atom is 0.333 e. The minimum Gasteiger partial charge on any atom is -0.481 e. The van der Waals surface area contributed by atoms with Gasteiger partial charge in [-0.25, -0.2) is 4.79 Å². The third-order valence-electron chi connectivity index (χ3n) is 2.89. The molecule has 1 rings (SSSR count). The molecule has 0 aromatic heterocycles. The first kappa shape index (κ1) is 18.4. The molecule has 0 aliphatic heterocycles. The van der Waals surface area contributed by atoms with Crippen molar-refractivity contribution in [2.45, 2.75) is 32.6 Å². The second-order valence-electron chi connectivity index (χ2n) is 5.03. The van der Waals surface area contributed by atoms with E-state index in [4.69, 9.17) is 14.6 Å². The Morgan fingerprint density at radius 3 is 2.35 bits per heavy atom. The molecule has 1 aromatic rings. The summed E-state index contributed by atoms with van der Waals surface area (Å²) in [6.07, 6.45) is 0.985. The van der Waals surface area contributed by atoms with Gasteiger partial charge in [-0.15, -0.1) is 0 Å². The molecule has 6 nitrogen and oxygen atoms in total. The van der Waals surface area contributed by atoms with E-state index in [2.05, 4.69) is 6.58 Å². The van der Waals surface area contributed by atoms with Crippen molar-refractivity contribution in [3.8, 4) is 5.75 Å². The molecular weight excluding hydrogens is 300 g/mol. The topological polar surface area (TPSA) is 89.9 Å². The lowest BCUT2D eigenvalue weighted by atomic mass is 10.1. The molecular formula is C17H20O6. The summed E-state index contributed by atoms with van der Waals surface area (Å²) in [5.74, 6) is -1.36. The number of rotatable bonds is 9. The van der Waals surface area contributed by atoms with E-state index < -0.39 is 17.9 Å². The van der Waals surface area contributed by atoms with Crippen LogP contribution < -0.4 is 4.74 Å². The minimum atomic E-state index is -0.854. The predicted molar refractivity (Wildman–Crippen MR) is 83.0 cm³/mol. The minimum absolute atomic E-state index is 0.0576. The third-order valence-corrected chi connectivity index (χ3v) is 2.89. The van der Waals surface area contributed by atoms with Crippen LogP contribution in [0.25, 0.3) is 0 Å². The Hall–Kier alpha value is -2.63. The number of esters is 2. The first-order valence-corrected chi connectivity index (χ1v) is 7.22. The van der Waals surface area contributed by atoms with E-state index in [0.29, 0.717) is 24.2 Å². The Kier molecular flexibility index (Phi) is 7.53. The number of carboxylic acid groups (broad SMARTS) is 1. The summed E-state index contributed by atoms with van der Waals surface area (Å²) >= 11 is 0. The van der Waals surface area contributed by atoms with Crippen LogP contribution in [-0.2, 0) is 25.5 Å². The predicted octanol–water partition coefficient (Wildman–Crippen LogP) is 2.51. The Balaban J connectivity index is 2.30. The van der Waals surface area contributed by atoms with Gasteiger partial charge in [0.1, 0.15) is 5.75 Å². The van der Waals surface area contributed by atoms with Crippen LogP contribution in [0.1, 0.15) is 31.7 Å². The molecule has 0 amide bonds. The lowest BCUT2D eigenvalue weighted by Gasteiger charge is -2.06. The summed E-state index contributed by atoms with van der Waals surface area (Å²) in [5, 5.41) is 8.61. The van der Waals surface area contributed by atoms with Gasteiger partial charge in [-0.2, -0.15) is 0 Å². The van der Waals surface area contributed by atoms with Crippen molar-refractivity contribution in [2.24, 2.45) is 0 Å². The highest BCUT2D eigenvalue weighted by Gasteiger charge is 2.07. The van der Waals surface area contributed by atoms with Crippen molar-refractivity contribution in [1.82, 2.24) is 0 Å². The van der Waals surface area contributed by atoms with Crippen molar-refractivity contribution in [2.75, 3.05) is 6.61 Å². The highest BCUT2D eigenvalue weighted by atomic mass is 16.5. The average molecular weight is 320 g/mol. The Morgan fingerprint density at radius 1 is 1.13 bits per heavy atom. The van der Waals surface area contributed by atoms with Crippen molar-refractivity contribution >= 4 is 17.9 Å². The van der Waals surface area contributed by atoms with Crippen LogP contribution in [0.15, 0.2) is 36.4 Å². The monoisotopic (exact) mass is 320 g/mol. The Morgan fingerprint density at radius 2 is 1.78 bits per heavy atom. The highest BCUT2D eigenvalue weighted by Crippen LogP contribution is 2.14. The van der Waals surface area contributed by atoms with E-state index >= 15 is 0 Å². The van der Waals surface area contributed by atoms with Crippen LogP contribution in [0.3, 0.4) is 0 Å². The summed E-state index contributed by atoms with van der Waals surface area (Å²) in [6, 6.07) is 6.69. The molecule has 124 valence electrons. The fourth-order valence-electron chi connectivity index (χ4n) is 1.66. The number of benzene rings is 1. The summed E-state index contributed by atoms with van der Waals surface area (Å²) in [4.78, 5) is 33.2. The summed E-state index contributed by atoms with van der Waals surface area (Å²) in [6.45, 7) is 5.14. The molecule has 1 aromatic carbocycles. The zero-order chi connectivity index (χ0) is 17.2. The van der Waals surface area contributed by atoms with E-state index in [9.17, 15) is 14.4 Å². The molecule has 0 aliphatic rings. The van der Waals surface area contributed by atoms with E-state index in [1.165, 1.54) is 0 Å². The fraction of sp³-hybridized carbons (Fsp3) is 0.353. The SMILES string of the molecule is C=C(C)C(=O)OCCCC(=O)Oc1ccc(CCC(=O)O)cc1. The third kappa shape index (κ3) is 7.80. The van der Waals surface area contributed by atoms with Crippen LogP contribution in [0.2, 0.25) is 0 Å². The first-order chi connectivity index (χ1) is 10.9. The second kappa shape index (κ2) is 9.40. The fourth-order valence-corrected chi connectivity index (χ4v) is 1.66. The Labute approximate surface area is 134 Å². The molecule has 0 aliphatic carbocycles. The van der Waals surface area contributed by atoms with Crippen molar-refractivity contribution < 1.29 is 29.0 Å². The summed E-state index contributed by atoms with van der Waals surface area (Å²) in [5.41, 5.74) is 1.18. The van der Waals surface area contributed by atoms with Crippen LogP contribution in [0, 0.1) is 0 Å². The molecule has 0 radical (unpaired) electrons. The van der Waals surface area contributed by atoms with Gasteiger partial charge in [0, 0.05) is 18.4 Å². The lowest BCUT2D eigenvalue weighted by Crippen LogP contribution is -2.11. The van der Waals surface area contributed by atoms with Gasteiger partial charge in [-0.05, 0) is 37.5 Å². The van der Waals surface area contributed by atoms with Gasteiger partial charge in [0.2, 0.25) is 0 Å². The molecule has 1 N–H and O–H groups in total. The van der Waals surface area contributed by atoms with Crippen LogP contribution in [0.4, 0.5) is 0 Å². The molecule has 0 atom stereocenters. The first-order valence-electron chi connectivity index (χ1n) is 7.22. The number of hydrogen-bond donors (Lipinski definition) is 1. The standard InChI is InChI=1S/C17H20O6/c1-12(2)17(21)22-11-3-4-16(20)23-14-8-5-13(6-9-14)7-10-15(18)19/h5-6,8-9H,1,3-4,7,10-11H2,2H3,(H,18,19). The number of carbonyl (C=O) groups excluding carboxylic acids is 2. The number of aliphatic carboxylic acids is 1. The van der Waals surface area contributed by atoms with Gasteiger partial charge >= 0.3 is 17.9 Å². The normalized spacial score (nSPS) is 9.96. The number of ether oxygens (including phenoxy) is 2. The molecule has 0 heterocycles. The molecule has 0 bridgehead atoms. The van der Waals surface area contributed by atoms with Crippen molar-refractivity contribution in [3.63, 3.8) is 0 Å². The maximum absolute atomic E-state index is 11.6. The number of carbonyl (C=O) groups is 3. The number of hydrogen-bond acceptors (Lipinski definition) is 5. The van der Waals surface area contributed by atoms with E-state index in [-0.39, 0.29) is 19.4 Å². The number of aryl methyl sites for hydroxylation is 1. The Bertz CT molecular complexity index is 573. The van der Waals surface area contributed by atoms with Gasteiger partial charge in [0.15, 0.2) is 0 Å². The quantitative estimate of drug-likeness (QED) is 0.325. The van der Waals surface area contributed by atoms with Crippen LogP contribution in [0.5, 0.6) is 5.75 Å². The van der Waals surface area contributed by atoms with E-state index in [0.717, 1.165) is 5.56 Å². The largest absolute Gasteiger partial charge is 0.481 e. The smallest absolute Gasteiger partial charge is 0.333 e. The summed E-state index contributed by atoms with van der Waals surface area (Å²) < 4.78 is 10.0. The van der Waals surface area contributed by atoms with E-state index in [1.807, 2.05) is 0 Å². The van der Waals surface area contributed by atoms with Gasteiger partial charge in [0.25, 0.3) is 0 Å². The lowest BCUT2D eigenvalue weighted by molar-refractivity contribution is -0.141. The maximum atomic E-state index is 11.6. The second-order valence-corrected chi connectivity index (χ2v) is 5.03. The zero-order valence-electron chi connectivity index (χ0n) is 13.0. The molecule has 0 fully saturated rings. The summed E-state index contributed by atoms with van der Waals surface area (Å²) in [7, 11) is 0. The van der Waals surface area contributed by atoms with Crippen molar-refractivity contribution in [3.05, 3.63) is 42.0 Å². The molecule has 0 spiro atoms. The molecule has 0 unspecified atom stereocenters. The van der Waals surface area contributed by atoms with Crippen molar-refractivity contribution in [1.29, 1.82) is 0 Å². The molecule has 23 heavy (non-hydrogen) atoms. The van der Waals surface area contributed by atoms with Gasteiger partial charge < -0.3 is 14.6 Å². The van der Waals surface area contributed by atoms with Crippen LogP contribution >= 0.6 is 0 Å². The molecule has 0 saturated heterocycles. The average Bonchev–Trinajstić information content (AvgIpc) is 2.50. The van der Waals surface area contributed by atoms with E-state index in [1.54, 1.807) is 31.2 Å². The van der Waals surface area contributed by atoms with Gasteiger partial charge in [0.05, 0.1) is 6.61 Å². The van der Waals surface area contributed by atoms with Gasteiger partial charge in [-0.3, -0.25) is 9.59 Å². The zero-order valence-corrected chi connectivity index (χ0v) is 13.0. The molecule has 0 saturated carbocycles. The van der Waals surface area contributed by atoms with Crippen LogP contribution in [-0.4, -0.2) is 29.6 Å². The highest BCUT2D eigenvalue weighted by molar-refractivity contribution is 5.86.